The summed E-state index contributed by atoms with van der Waals surface area (Å²) < 4.78 is 1.16. The first-order valence-electron chi connectivity index (χ1n) is 6.72. The molecule has 0 amide bonds. The summed E-state index contributed by atoms with van der Waals surface area (Å²) in [5, 5.41) is 13.1. The maximum Gasteiger partial charge on any atom is 0.0499 e. The van der Waals surface area contributed by atoms with Crippen LogP contribution in [0.4, 0.5) is 0 Å². The molecule has 0 atom stereocenters. The monoisotopic (exact) mass is 311 g/mol. The highest BCUT2D eigenvalue weighted by atomic mass is 79.9. The lowest BCUT2D eigenvalue weighted by molar-refractivity contribution is 0.128. The molecule has 0 saturated heterocycles. The van der Waals surface area contributed by atoms with Crippen LogP contribution in [0.15, 0.2) is 22.7 Å². The summed E-state index contributed by atoms with van der Waals surface area (Å²) in [5.41, 5.74) is 2.72. The molecule has 3 heteroatoms. The molecule has 2 nitrogen and oxygen atoms in total. The van der Waals surface area contributed by atoms with Gasteiger partial charge < -0.3 is 10.4 Å². The van der Waals surface area contributed by atoms with E-state index in [0.717, 1.165) is 30.4 Å². The molecule has 1 aliphatic carbocycles. The molecule has 2 rings (SSSR count). The lowest BCUT2D eigenvalue weighted by Crippen LogP contribution is -2.34. The van der Waals surface area contributed by atoms with Crippen molar-refractivity contribution in [3.63, 3.8) is 0 Å². The zero-order chi connectivity index (χ0) is 13.0. The van der Waals surface area contributed by atoms with Crippen LogP contribution >= 0.6 is 15.9 Å². The standard InChI is InChI=1S/C15H22BrNO/c1-12-8-13(4-5-14(12)16)9-17-10-15(11-18)6-2-3-7-15/h4-5,8,17-18H,2-3,6-7,9-11H2,1H3. The highest BCUT2D eigenvalue weighted by molar-refractivity contribution is 9.10. The van der Waals surface area contributed by atoms with Gasteiger partial charge in [0.05, 0.1) is 0 Å². The van der Waals surface area contributed by atoms with Crippen LogP contribution in [0.1, 0.15) is 36.8 Å². The molecule has 0 aliphatic heterocycles. The molecule has 0 spiro atoms. The van der Waals surface area contributed by atoms with Gasteiger partial charge in [-0.3, -0.25) is 0 Å². The van der Waals surface area contributed by atoms with Crippen molar-refractivity contribution in [1.29, 1.82) is 0 Å². The molecule has 1 aromatic rings. The van der Waals surface area contributed by atoms with E-state index >= 15 is 0 Å². The molecule has 1 aliphatic rings. The van der Waals surface area contributed by atoms with Crippen molar-refractivity contribution >= 4 is 15.9 Å². The van der Waals surface area contributed by atoms with Crippen molar-refractivity contribution in [2.75, 3.05) is 13.2 Å². The van der Waals surface area contributed by atoms with Crippen LogP contribution in [0.25, 0.3) is 0 Å². The number of aliphatic hydroxyl groups excluding tert-OH is 1. The van der Waals surface area contributed by atoms with Crippen LogP contribution in [-0.4, -0.2) is 18.3 Å². The van der Waals surface area contributed by atoms with Crippen LogP contribution in [0, 0.1) is 12.3 Å². The molecule has 100 valence electrons. The lowest BCUT2D eigenvalue weighted by atomic mass is 9.87. The van der Waals surface area contributed by atoms with Gasteiger partial charge in [-0.25, -0.2) is 0 Å². The molecule has 0 bridgehead atoms. The fraction of sp³-hybridized carbons (Fsp3) is 0.600. The molecule has 0 unspecified atom stereocenters. The Hall–Kier alpha value is -0.380. The number of halogens is 1. The third-order valence-electron chi connectivity index (χ3n) is 4.05. The normalized spacial score (nSPS) is 18.2. The van der Waals surface area contributed by atoms with E-state index in [1.807, 2.05) is 0 Å². The molecule has 18 heavy (non-hydrogen) atoms. The van der Waals surface area contributed by atoms with Gasteiger partial charge in [-0.05, 0) is 37.0 Å². The average Bonchev–Trinajstić information content (AvgIpc) is 2.83. The van der Waals surface area contributed by atoms with Crippen LogP contribution in [0.2, 0.25) is 0 Å². The van der Waals surface area contributed by atoms with Crippen molar-refractivity contribution in [2.45, 2.75) is 39.2 Å². The Morgan fingerprint density at radius 2 is 2.06 bits per heavy atom. The maximum absolute atomic E-state index is 9.55. The first-order chi connectivity index (χ1) is 8.65. The fourth-order valence-electron chi connectivity index (χ4n) is 2.80. The van der Waals surface area contributed by atoms with Gasteiger partial charge in [-0.15, -0.1) is 0 Å². The highest BCUT2D eigenvalue weighted by Crippen LogP contribution is 2.36. The summed E-state index contributed by atoms with van der Waals surface area (Å²) in [6.07, 6.45) is 4.85. The zero-order valence-corrected chi connectivity index (χ0v) is 12.6. The van der Waals surface area contributed by atoms with Crippen molar-refractivity contribution in [2.24, 2.45) is 5.41 Å². The number of benzene rings is 1. The number of nitrogens with one attached hydrogen (secondary N) is 1. The van der Waals surface area contributed by atoms with Crippen molar-refractivity contribution in [1.82, 2.24) is 5.32 Å². The van der Waals surface area contributed by atoms with Crippen LogP contribution in [0.3, 0.4) is 0 Å². The summed E-state index contributed by atoms with van der Waals surface area (Å²) in [5.74, 6) is 0. The highest BCUT2D eigenvalue weighted by Gasteiger charge is 2.32. The van der Waals surface area contributed by atoms with Gasteiger partial charge in [0.2, 0.25) is 0 Å². The number of aryl methyl sites for hydroxylation is 1. The average molecular weight is 312 g/mol. The Morgan fingerprint density at radius 3 is 2.67 bits per heavy atom. The number of rotatable bonds is 5. The third kappa shape index (κ3) is 3.34. The van der Waals surface area contributed by atoms with Crippen LogP contribution in [-0.2, 0) is 6.54 Å². The summed E-state index contributed by atoms with van der Waals surface area (Å²) in [6.45, 7) is 4.24. The third-order valence-corrected chi connectivity index (χ3v) is 4.94. The Morgan fingerprint density at radius 1 is 1.33 bits per heavy atom. The zero-order valence-electron chi connectivity index (χ0n) is 11.0. The minimum absolute atomic E-state index is 0.143. The predicted molar refractivity (Wildman–Crippen MR) is 78.6 cm³/mol. The maximum atomic E-state index is 9.55. The molecule has 0 radical (unpaired) electrons. The van der Waals surface area contributed by atoms with E-state index in [1.54, 1.807) is 0 Å². The second-order valence-corrected chi connectivity index (χ2v) is 6.41. The SMILES string of the molecule is Cc1cc(CNCC2(CO)CCCC2)ccc1Br. The molecule has 1 fully saturated rings. The van der Waals surface area contributed by atoms with E-state index in [-0.39, 0.29) is 5.41 Å². The van der Waals surface area contributed by atoms with Crippen molar-refractivity contribution in [3.8, 4) is 0 Å². The first-order valence-corrected chi connectivity index (χ1v) is 7.51. The molecule has 0 heterocycles. The second kappa shape index (κ2) is 6.18. The predicted octanol–water partition coefficient (Wildman–Crippen LogP) is 3.40. The molecule has 1 saturated carbocycles. The molecular formula is C15H22BrNO. The van der Waals surface area contributed by atoms with E-state index in [2.05, 4.69) is 46.4 Å². The van der Waals surface area contributed by atoms with Gasteiger partial charge >= 0.3 is 0 Å². The Bertz CT molecular complexity index is 399. The van der Waals surface area contributed by atoms with E-state index in [9.17, 15) is 5.11 Å². The van der Waals surface area contributed by atoms with Gasteiger partial charge in [0.15, 0.2) is 0 Å². The Balaban J connectivity index is 1.86. The van der Waals surface area contributed by atoms with Gasteiger partial charge in [0.1, 0.15) is 0 Å². The summed E-state index contributed by atoms with van der Waals surface area (Å²) in [7, 11) is 0. The van der Waals surface area contributed by atoms with Gasteiger partial charge in [0, 0.05) is 29.6 Å². The molecular weight excluding hydrogens is 290 g/mol. The lowest BCUT2D eigenvalue weighted by Gasteiger charge is -2.26. The second-order valence-electron chi connectivity index (χ2n) is 5.55. The van der Waals surface area contributed by atoms with E-state index in [4.69, 9.17) is 0 Å². The van der Waals surface area contributed by atoms with Crippen LogP contribution in [0.5, 0.6) is 0 Å². The van der Waals surface area contributed by atoms with Crippen molar-refractivity contribution in [3.05, 3.63) is 33.8 Å². The minimum atomic E-state index is 0.143. The van der Waals surface area contributed by atoms with Crippen molar-refractivity contribution < 1.29 is 5.11 Å². The fourth-order valence-corrected chi connectivity index (χ4v) is 3.05. The Kier molecular flexibility index (Phi) is 4.82. The summed E-state index contributed by atoms with van der Waals surface area (Å²) in [6, 6.07) is 6.45. The first kappa shape index (κ1) is 14.0. The molecule has 0 aromatic heterocycles. The van der Waals surface area contributed by atoms with E-state index in [1.165, 1.54) is 24.0 Å². The number of aliphatic hydroxyl groups is 1. The molecule has 2 N–H and O–H groups in total. The molecule has 1 aromatic carbocycles. The smallest absolute Gasteiger partial charge is 0.0499 e. The summed E-state index contributed by atoms with van der Waals surface area (Å²) in [4.78, 5) is 0. The van der Waals surface area contributed by atoms with Gasteiger partial charge in [-0.1, -0.05) is 40.9 Å². The number of hydrogen-bond acceptors (Lipinski definition) is 2. The van der Waals surface area contributed by atoms with Gasteiger partial charge in [0.25, 0.3) is 0 Å². The largest absolute Gasteiger partial charge is 0.396 e. The topological polar surface area (TPSA) is 32.3 Å². The van der Waals surface area contributed by atoms with E-state index in [0.29, 0.717) is 6.61 Å². The Labute approximate surface area is 118 Å². The van der Waals surface area contributed by atoms with E-state index < -0.39 is 0 Å². The quantitative estimate of drug-likeness (QED) is 0.873. The summed E-state index contributed by atoms with van der Waals surface area (Å²) >= 11 is 3.52. The minimum Gasteiger partial charge on any atom is -0.396 e. The van der Waals surface area contributed by atoms with Crippen LogP contribution < -0.4 is 5.32 Å². The van der Waals surface area contributed by atoms with Gasteiger partial charge in [-0.2, -0.15) is 0 Å². The number of hydrogen-bond donors (Lipinski definition) is 2.